The van der Waals surface area contributed by atoms with Crippen molar-refractivity contribution in [1.29, 1.82) is 0 Å². The molecule has 102 valence electrons. The fourth-order valence-corrected chi connectivity index (χ4v) is 2.23. The second kappa shape index (κ2) is 7.31. The van der Waals surface area contributed by atoms with Gasteiger partial charge in [0, 0.05) is 6.54 Å². The van der Waals surface area contributed by atoms with Crippen LogP contribution < -0.4 is 5.73 Å². The molecule has 0 aromatic rings. The second-order valence-electron chi connectivity index (χ2n) is 5.29. The summed E-state index contributed by atoms with van der Waals surface area (Å²) < 4.78 is 11.2. The van der Waals surface area contributed by atoms with E-state index in [2.05, 4.69) is 0 Å². The van der Waals surface area contributed by atoms with Crippen molar-refractivity contribution in [3.05, 3.63) is 0 Å². The Morgan fingerprint density at radius 3 is 2.35 bits per heavy atom. The van der Waals surface area contributed by atoms with Crippen LogP contribution in [0.2, 0.25) is 0 Å². The summed E-state index contributed by atoms with van der Waals surface area (Å²) in [4.78, 5) is 0. The first kappa shape index (κ1) is 14.9. The number of nitrogens with two attached hydrogens (primary N) is 1. The molecule has 4 nitrogen and oxygen atoms in total. The molecule has 1 rings (SSSR count). The fraction of sp³-hybridized carbons (Fsp3) is 1.00. The summed E-state index contributed by atoms with van der Waals surface area (Å²) in [6, 6.07) is 0. The van der Waals surface area contributed by atoms with Crippen LogP contribution in [-0.2, 0) is 9.47 Å². The molecule has 0 amide bonds. The highest BCUT2D eigenvalue weighted by molar-refractivity contribution is 4.85. The van der Waals surface area contributed by atoms with Crippen LogP contribution in [0.5, 0.6) is 0 Å². The van der Waals surface area contributed by atoms with Crippen LogP contribution in [0, 0.1) is 0 Å². The van der Waals surface area contributed by atoms with E-state index in [0.29, 0.717) is 19.8 Å². The molecule has 0 bridgehead atoms. The van der Waals surface area contributed by atoms with Crippen molar-refractivity contribution < 1.29 is 14.6 Å². The normalized spacial score (nSPS) is 21.7. The van der Waals surface area contributed by atoms with Gasteiger partial charge in [-0.2, -0.15) is 0 Å². The van der Waals surface area contributed by atoms with Gasteiger partial charge in [0.25, 0.3) is 0 Å². The molecule has 1 saturated carbocycles. The smallest absolute Gasteiger partial charge is 0.101 e. The Hall–Kier alpha value is -0.160. The van der Waals surface area contributed by atoms with Gasteiger partial charge >= 0.3 is 0 Å². The molecular formula is C13H27NO3. The van der Waals surface area contributed by atoms with Crippen LogP contribution in [-0.4, -0.2) is 42.7 Å². The zero-order chi connectivity index (χ0) is 12.7. The standard InChI is InChI=1S/C13H27NO3/c1-11(2)16-8-12(15)9-17-13(10-14)6-4-3-5-7-13/h11-12,15H,3-10,14H2,1-2H3. The number of rotatable bonds is 7. The van der Waals surface area contributed by atoms with Crippen molar-refractivity contribution in [2.24, 2.45) is 5.73 Å². The lowest BCUT2D eigenvalue weighted by molar-refractivity contribution is -0.110. The lowest BCUT2D eigenvalue weighted by Crippen LogP contribution is -2.44. The van der Waals surface area contributed by atoms with Crippen LogP contribution in [0.3, 0.4) is 0 Å². The average Bonchev–Trinajstić information content (AvgIpc) is 2.35. The zero-order valence-corrected chi connectivity index (χ0v) is 11.2. The number of aliphatic hydroxyl groups excluding tert-OH is 1. The summed E-state index contributed by atoms with van der Waals surface area (Å²) in [6.45, 7) is 5.11. The van der Waals surface area contributed by atoms with E-state index in [1.165, 1.54) is 19.3 Å². The van der Waals surface area contributed by atoms with Gasteiger partial charge in [-0.05, 0) is 26.7 Å². The Kier molecular flexibility index (Phi) is 6.41. The van der Waals surface area contributed by atoms with Crippen molar-refractivity contribution in [2.45, 2.75) is 63.8 Å². The maximum absolute atomic E-state index is 9.75. The van der Waals surface area contributed by atoms with Gasteiger partial charge in [0.05, 0.1) is 24.9 Å². The Morgan fingerprint density at radius 2 is 1.82 bits per heavy atom. The van der Waals surface area contributed by atoms with E-state index >= 15 is 0 Å². The van der Waals surface area contributed by atoms with Crippen molar-refractivity contribution in [3.63, 3.8) is 0 Å². The predicted octanol–water partition coefficient (Wildman–Crippen LogP) is 1.45. The first-order valence-electron chi connectivity index (χ1n) is 6.72. The van der Waals surface area contributed by atoms with Gasteiger partial charge in [0.1, 0.15) is 6.10 Å². The van der Waals surface area contributed by atoms with Crippen molar-refractivity contribution >= 4 is 0 Å². The van der Waals surface area contributed by atoms with E-state index in [-0.39, 0.29) is 11.7 Å². The van der Waals surface area contributed by atoms with Gasteiger partial charge < -0.3 is 20.3 Å². The summed E-state index contributed by atoms with van der Waals surface area (Å²) in [6.07, 6.45) is 5.24. The van der Waals surface area contributed by atoms with Crippen LogP contribution in [0.1, 0.15) is 46.0 Å². The quantitative estimate of drug-likeness (QED) is 0.712. The monoisotopic (exact) mass is 245 g/mol. The fourth-order valence-electron chi connectivity index (χ4n) is 2.23. The van der Waals surface area contributed by atoms with Crippen LogP contribution in [0.25, 0.3) is 0 Å². The third-order valence-corrected chi connectivity index (χ3v) is 3.34. The summed E-state index contributed by atoms with van der Waals surface area (Å²) in [5.74, 6) is 0. The average molecular weight is 245 g/mol. The summed E-state index contributed by atoms with van der Waals surface area (Å²) in [5.41, 5.74) is 5.61. The van der Waals surface area contributed by atoms with Gasteiger partial charge in [-0.15, -0.1) is 0 Å². The Morgan fingerprint density at radius 1 is 1.18 bits per heavy atom. The Labute approximate surface area is 104 Å². The molecule has 0 aliphatic heterocycles. The van der Waals surface area contributed by atoms with Crippen LogP contribution >= 0.6 is 0 Å². The van der Waals surface area contributed by atoms with E-state index in [1.54, 1.807) is 0 Å². The lowest BCUT2D eigenvalue weighted by atomic mass is 9.84. The first-order valence-corrected chi connectivity index (χ1v) is 6.72. The minimum Gasteiger partial charge on any atom is -0.388 e. The van der Waals surface area contributed by atoms with E-state index in [1.807, 2.05) is 13.8 Å². The molecule has 4 heteroatoms. The molecule has 3 N–H and O–H groups in total. The molecule has 0 aromatic heterocycles. The molecule has 0 spiro atoms. The third kappa shape index (κ3) is 5.34. The summed E-state index contributed by atoms with van der Waals surface area (Å²) in [7, 11) is 0. The zero-order valence-electron chi connectivity index (χ0n) is 11.2. The van der Waals surface area contributed by atoms with Gasteiger partial charge in [0.2, 0.25) is 0 Å². The second-order valence-corrected chi connectivity index (χ2v) is 5.29. The SMILES string of the molecule is CC(C)OCC(O)COC1(CN)CCCCC1. The van der Waals surface area contributed by atoms with Gasteiger partial charge in [-0.25, -0.2) is 0 Å². The summed E-state index contributed by atoms with van der Waals surface area (Å²) in [5, 5.41) is 9.75. The maximum atomic E-state index is 9.75. The van der Waals surface area contributed by atoms with Crippen LogP contribution in [0.15, 0.2) is 0 Å². The maximum Gasteiger partial charge on any atom is 0.101 e. The molecule has 1 unspecified atom stereocenters. The van der Waals surface area contributed by atoms with E-state index in [4.69, 9.17) is 15.2 Å². The largest absolute Gasteiger partial charge is 0.388 e. The van der Waals surface area contributed by atoms with E-state index in [0.717, 1.165) is 12.8 Å². The molecule has 17 heavy (non-hydrogen) atoms. The van der Waals surface area contributed by atoms with E-state index < -0.39 is 6.10 Å². The van der Waals surface area contributed by atoms with Gasteiger partial charge in [0.15, 0.2) is 0 Å². The van der Waals surface area contributed by atoms with Gasteiger partial charge in [-0.3, -0.25) is 0 Å². The van der Waals surface area contributed by atoms with Crippen molar-refractivity contribution in [1.82, 2.24) is 0 Å². The topological polar surface area (TPSA) is 64.7 Å². The molecule has 1 atom stereocenters. The molecule has 1 aliphatic rings. The molecule has 0 saturated heterocycles. The van der Waals surface area contributed by atoms with Gasteiger partial charge in [-0.1, -0.05) is 19.3 Å². The number of hydrogen-bond acceptors (Lipinski definition) is 4. The lowest BCUT2D eigenvalue weighted by Gasteiger charge is -2.36. The highest BCUT2D eigenvalue weighted by Gasteiger charge is 2.32. The highest BCUT2D eigenvalue weighted by Crippen LogP contribution is 2.30. The highest BCUT2D eigenvalue weighted by atomic mass is 16.5. The molecule has 1 fully saturated rings. The van der Waals surface area contributed by atoms with Crippen molar-refractivity contribution in [3.8, 4) is 0 Å². The Bertz CT molecular complexity index is 203. The summed E-state index contributed by atoms with van der Waals surface area (Å²) >= 11 is 0. The van der Waals surface area contributed by atoms with Crippen LogP contribution in [0.4, 0.5) is 0 Å². The number of hydrogen-bond donors (Lipinski definition) is 2. The molecule has 0 heterocycles. The van der Waals surface area contributed by atoms with E-state index in [9.17, 15) is 5.11 Å². The minimum atomic E-state index is -0.553. The predicted molar refractivity (Wildman–Crippen MR) is 67.9 cm³/mol. The third-order valence-electron chi connectivity index (χ3n) is 3.34. The Balaban J connectivity index is 2.26. The number of ether oxygens (including phenoxy) is 2. The van der Waals surface area contributed by atoms with Crippen molar-refractivity contribution in [2.75, 3.05) is 19.8 Å². The molecule has 1 aliphatic carbocycles. The molecular weight excluding hydrogens is 218 g/mol. The molecule has 0 radical (unpaired) electrons. The minimum absolute atomic E-state index is 0.141. The first-order chi connectivity index (χ1) is 8.08. The molecule has 0 aromatic carbocycles. The number of aliphatic hydroxyl groups is 1.